The fourth-order valence-electron chi connectivity index (χ4n) is 3.54. The lowest BCUT2D eigenvalue weighted by atomic mass is 9.59. The highest BCUT2D eigenvalue weighted by atomic mass is 16.2. The van der Waals surface area contributed by atoms with E-state index < -0.39 is 5.41 Å². The highest BCUT2D eigenvalue weighted by Crippen LogP contribution is 2.50. The number of fused-ring (bicyclic) bond motifs is 1. The maximum Gasteiger partial charge on any atom is 0.219 e. The molecule has 6 nitrogen and oxygen atoms in total. The molecule has 2 aliphatic rings. The van der Waals surface area contributed by atoms with Crippen LogP contribution in [-0.2, 0) is 4.79 Å². The molecule has 2 N–H and O–H groups in total. The van der Waals surface area contributed by atoms with E-state index in [4.69, 9.17) is 5.73 Å². The van der Waals surface area contributed by atoms with E-state index in [0.717, 1.165) is 5.57 Å². The average molecular weight is 295 g/mol. The molecule has 0 unspecified atom stereocenters. The van der Waals surface area contributed by atoms with Gasteiger partial charge in [-0.2, -0.15) is 15.8 Å². The number of hydrogen-bond acceptors (Lipinski definition) is 5. The molecule has 2 atom stereocenters. The van der Waals surface area contributed by atoms with Gasteiger partial charge in [0, 0.05) is 31.8 Å². The molecule has 112 valence electrons. The number of rotatable bonds is 1. The normalized spacial score (nSPS) is 26.1. The van der Waals surface area contributed by atoms with E-state index in [2.05, 4.69) is 0 Å². The second-order valence-electron chi connectivity index (χ2n) is 5.64. The van der Waals surface area contributed by atoms with E-state index in [1.54, 1.807) is 4.90 Å². The highest BCUT2D eigenvalue weighted by Gasteiger charge is 2.53. The third-order valence-electron chi connectivity index (χ3n) is 4.72. The summed E-state index contributed by atoms with van der Waals surface area (Å²) >= 11 is 0. The summed E-state index contributed by atoms with van der Waals surface area (Å²) in [4.78, 5) is 13.3. The quantitative estimate of drug-likeness (QED) is 0.779. The second kappa shape index (κ2) is 5.54. The number of carbonyl (C=O) groups is 1. The molecule has 2 rings (SSSR count). The molecule has 6 heteroatoms. The van der Waals surface area contributed by atoms with Crippen molar-refractivity contribution in [2.24, 2.45) is 23.0 Å². The standard InChI is InChI=1S/C16H17N5O/c1-3-14-13-7-21(10(2)22)5-4-11(13)12(6-17)15(20)16(14,8-18)9-19/h4,13-14H,3,5,7,20H2,1-2H3/t13-,14-/m0/s1. The Morgan fingerprint density at radius 3 is 2.55 bits per heavy atom. The van der Waals surface area contributed by atoms with Gasteiger partial charge in [0.25, 0.3) is 0 Å². The molecule has 1 heterocycles. The highest BCUT2D eigenvalue weighted by molar-refractivity contribution is 5.74. The number of allylic oxidation sites excluding steroid dienone is 2. The van der Waals surface area contributed by atoms with Crippen LogP contribution >= 0.6 is 0 Å². The molecule has 1 amide bonds. The van der Waals surface area contributed by atoms with Crippen LogP contribution in [0.2, 0.25) is 0 Å². The summed E-state index contributed by atoms with van der Waals surface area (Å²) in [5, 5.41) is 28.6. The van der Waals surface area contributed by atoms with E-state index in [9.17, 15) is 20.6 Å². The maximum absolute atomic E-state index is 11.6. The summed E-state index contributed by atoms with van der Waals surface area (Å²) in [6.45, 7) is 4.20. The Labute approximate surface area is 129 Å². The summed E-state index contributed by atoms with van der Waals surface area (Å²) in [5.74, 6) is -0.623. The van der Waals surface area contributed by atoms with Gasteiger partial charge in [-0.3, -0.25) is 4.79 Å². The van der Waals surface area contributed by atoms with Crippen molar-refractivity contribution in [3.8, 4) is 18.2 Å². The van der Waals surface area contributed by atoms with Gasteiger partial charge in [0.2, 0.25) is 5.91 Å². The number of nitrogens with zero attached hydrogens (tertiary/aromatic N) is 4. The van der Waals surface area contributed by atoms with Crippen molar-refractivity contribution < 1.29 is 4.79 Å². The minimum absolute atomic E-state index is 0.0469. The Morgan fingerprint density at radius 1 is 1.45 bits per heavy atom. The van der Waals surface area contributed by atoms with E-state index in [1.165, 1.54) is 6.92 Å². The Hall–Kier alpha value is -2.78. The van der Waals surface area contributed by atoms with Crippen molar-refractivity contribution in [2.75, 3.05) is 13.1 Å². The minimum atomic E-state index is -1.51. The van der Waals surface area contributed by atoms with Crippen LogP contribution < -0.4 is 5.73 Å². The molecule has 1 aliphatic carbocycles. The molecule has 0 bridgehead atoms. The minimum Gasteiger partial charge on any atom is -0.399 e. The first-order valence-corrected chi connectivity index (χ1v) is 7.15. The fraction of sp³-hybridized carbons (Fsp3) is 0.500. The molecular weight excluding hydrogens is 278 g/mol. The third kappa shape index (κ3) is 1.95. The Balaban J connectivity index is 2.69. The van der Waals surface area contributed by atoms with Crippen molar-refractivity contribution in [3.05, 3.63) is 22.9 Å². The van der Waals surface area contributed by atoms with E-state index >= 15 is 0 Å². The van der Waals surface area contributed by atoms with Crippen LogP contribution in [0.3, 0.4) is 0 Å². The topological polar surface area (TPSA) is 118 Å². The first-order valence-electron chi connectivity index (χ1n) is 7.15. The number of carbonyl (C=O) groups excluding carboxylic acids is 1. The lowest BCUT2D eigenvalue weighted by Crippen LogP contribution is -2.49. The monoisotopic (exact) mass is 295 g/mol. The molecule has 0 fully saturated rings. The molecular formula is C16H17N5O. The van der Waals surface area contributed by atoms with Gasteiger partial charge in [0.05, 0.1) is 23.4 Å². The van der Waals surface area contributed by atoms with Gasteiger partial charge in [0.15, 0.2) is 5.41 Å². The number of amides is 1. The van der Waals surface area contributed by atoms with Gasteiger partial charge in [-0.1, -0.05) is 13.0 Å². The van der Waals surface area contributed by atoms with Crippen LogP contribution in [0, 0.1) is 51.2 Å². The number of nitriles is 3. The summed E-state index contributed by atoms with van der Waals surface area (Å²) in [5.41, 5.74) is 5.57. The third-order valence-corrected chi connectivity index (χ3v) is 4.72. The molecule has 1 aliphatic heterocycles. The summed E-state index contributed by atoms with van der Waals surface area (Å²) in [6.07, 6.45) is 2.39. The summed E-state index contributed by atoms with van der Waals surface area (Å²) in [6, 6.07) is 6.11. The fourth-order valence-corrected chi connectivity index (χ4v) is 3.54. The molecule has 0 aromatic rings. The van der Waals surface area contributed by atoms with Gasteiger partial charge in [-0.15, -0.1) is 0 Å². The van der Waals surface area contributed by atoms with E-state index in [1.807, 2.05) is 31.2 Å². The van der Waals surface area contributed by atoms with Gasteiger partial charge in [0.1, 0.15) is 6.07 Å². The molecule has 0 saturated heterocycles. The Bertz CT molecular complexity index is 684. The Kier molecular flexibility index (Phi) is 3.93. The predicted molar refractivity (Wildman–Crippen MR) is 78.1 cm³/mol. The zero-order valence-electron chi connectivity index (χ0n) is 12.6. The van der Waals surface area contributed by atoms with Crippen LogP contribution in [0.25, 0.3) is 0 Å². The van der Waals surface area contributed by atoms with Crippen molar-refractivity contribution in [2.45, 2.75) is 20.3 Å². The van der Waals surface area contributed by atoms with Crippen molar-refractivity contribution in [1.82, 2.24) is 4.90 Å². The van der Waals surface area contributed by atoms with Gasteiger partial charge >= 0.3 is 0 Å². The predicted octanol–water partition coefficient (Wildman–Crippen LogP) is 1.20. The van der Waals surface area contributed by atoms with E-state index in [0.29, 0.717) is 19.5 Å². The average Bonchev–Trinajstić information content (AvgIpc) is 2.53. The van der Waals surface area contributed by atoms with Gasteiger partial charge in [-0.05, 0) is 12.0 Å². The molecule has 0 saturated carbocycles. The van der Waals surface area contributed by atoms with Gasteiger partial charge in [-0.25, -0.2) is 0 Å². The Morgan fingerprint density at radius 2 is 2.09 bits per heavy atom. The lowest BCUT2D eigenvalue weighted by Gasteiger charge is -2.45. The number of hydrogen-bond donors (Lipinski definition) is 1. The van der Waals surface area contributed by atoms with Crippen molar-refractivity contribution in [1.29, 1.82) is 15.8 Å². The molecule has 0 spiro atoms. The second-order valence-corrected chi connectivity index (χ2v) is 5.64. The SMILES string of the molecule is CC[C@H]1[C@H]2CN(C(C)=O)CC=C2C(C#N)=C(N)C1(C#N)C#N. The first kappa shape index (κ1) is 15.6. The van der Waals surface area contributed by atoms with Crippen LogP contribution in [0.5, 0.6) is 0 Å². The lowest BCUT2D eigenvalue weighted by molar-refractivity contribution is -0.129. The summed E-state index contributed by atoms with van der Waals surface area (Å²) in [7, 11) is 0. The zero-order chi connectivity index (χ0) is 16.5. The van der Waals surface area contributed by atoms with Crippen molar-refractivity contribution >= 4 is 5.91 Å². The molecule has 22 heavy (non-hydrogen) atoms. The van der Waals surface area contributed by atoms with Crippen LogP contribution in [-0.4, -0.2) is 23.9 Å². The van der Waals surface area contributed by atoms with Crippen LogP contribution in [0.1, 0.15) is 20.3 Å². The van der Waals surface area contributed by atoms with Crippen LogP contribution in [0.15, 0.2) is 22.9 Å². The van der Waals surface area contributed by atoms with Gasteiger partial charge < -0.3 is 10.6 Å². The van der Waals surface area contributed by atoms with Crippen molar-refractivity contribution in [3.63, 3.8) is 0 Å². The molecule has 0 aromatic heterocycles. The van der Waals surface area contributed by atoms with E-state index in [-0.39, 0.29) is 29.0 Å². The molecule has 0 aromatic carbocycles. The molecule has 0 radical (unpaired) electrons. The smallest absolute Gasteiger partial charge is 0.219 e. The zero-order valence-corrected chi connectivity index (χ0v) is 12.6. The summed E-state index contributed by atoms with van der Waals surface area (Å²) < 4.78 is 0. The first-order chi connectivity index (χ1) is 10.5. The maximum atomic E-state index is 11.6. The van der Waals surface area contributed by atoms with Crippen LogP contribution in [0.4, 0.5) is 0 Å². The number of nitrogens with two attached hydrogens (primary N) is 1. The largest absolute Gasteiger partial charge is 0.399 e.